The number of ether oxygens (including phenoxy) is 1. The fourth-order valence-corrected chi connectivity index (χ4v) is 2.43. The van der Waals surface area contributed by atoms with Crippen LogP contribution in [0.3, 0.4) is 0 Å². The number of methoxy groups -OCH3 is 1. The minimum Gasteiger partial charge on any atom is -0.496 e. The highest BCUT2D eigenvalue weighted by molar-refractivity contribution is 6.03. The van der Waals surface area contributed by atoms with E-state index in [0.29, 0.717) is 11.3 Å². The van der Waals surface area contributed by atoms with E-state index in [9.17, 15) is 14.7 Å². The van der Waals surface area contributed by atoms with Gasteiger partial charge in [-0.05, 0) is 19.1 Å². The Labute approximate surface area is 118 Å². The van der Waals surface area contributed by atoms with E-state index in [1.807, 2.05) is 13.0 Å². The third kappa shape index (κ3) is 2.67. The summed E-state index contributed by atoms with van der Waals surface area (Å²) in [7, 11) is 1.52. The molecule has 1 saturated heterocycles. The SMILES string of the molecule is COc1ccc(C)cc1C(O)CN1C(=O)CC(C)C1=O. The molecule has 2 amide bonds. The lowest BCUT2D eigenvalue weighted by atomic mass is 10.0. The van der Waals surface area contributed by atoms with Crippen LogP contribution < -0.4 is 4.74 Å². The highest BCUT2D eigenvalue weighted by atomic mass is 16.5. The number of hydrogen-bond acceptors (Lipinski definition) is 4. The summed E-state index contributed by atoms with van der Waals surface area (Å²) in [5.41, 5.74) is 1.57. The summed E-state index contributed by atoms with van der Waals surface area (Å²) in [5.74, 6) is -0.196. The molecule has 5 nitrogen and oxygen atoms in total. The predicted octanol–water partition coefficient (Wildman–Crippen LogP) is 1.43. The number of likely N-dealkylation sites (tertiary alicyclic amines) is 1. The summed E-state index contributed by atoms with van der Waals surface area (Å²) in [5, 5.41) is 10.3. The lowest BCUT2D eigenvalue weighted by molar-refractivity contribution is -0.140. The van der Waals surface area contributed by atoms with Crippen LogP contribution in [0.5, 0.6) is 5.75 Å². The van der Waals surface area contributed by atoms with Crippen molar-refractivity contribution in [1.29, 1.82) is 0 Å². The van der Waals surface area contributed by atoms with Crippen molar-refractivity contribution < 1.29 is 19.4 Å². The van der Waals surface area contributed by atoms with E-state index < -0.39 is 6.10 Å². The van der Waals surface area contributed by atoms with Gasteiger partial charge >= 0.3 is 0 Å². The number of imide groups is 1. The van der Waals surface area contributed by atoms with E-state index in [2.05, 4.69) is 0 Å². The molecule has 20 heavy (non-hydrogen) atoms. The number of benzene rings is 1. The first kappa shape index (κ1) is 14.5. The van der Waals surface area contributed by atoms with Crippen molar-refractivity contribution >= 4 is 11.8 Å². The van der Waals surface area contributed by atoms with Crippen LogP contribution >= 0.6 is 0 Å². The Kier molecular flexibility index (Phi) is 4.09. The first-order valence-corrected chi connectivity index (χ1v) is 6.61. The zero-order valence-corrected chi connectivity index (χ0v) is 11.9. The van der Waals surface area contributed by atoms with Gasteiger partial charge < -0.3 is 9.84 Å². The second-order valence-electron chi connectivity index (χ2n) is 5.21. The number of aliphatic hydroxyl groups excluding tert-OH is 1. The Morgan fingerprint density at radius 1 is 1.45 bits per heavy atom. The van der Waals surface area contributed by atoms with Crippen molar-refractivity contribution in [3.05, 3.63) is 29.3 Å². The number of aliphatic hydroxyl groups is 1. The fourth-order valence-electron chi connectivity index (χ4n) is 2.43. The van der Waals surface area contributed by atoms with Crippen LogP contribution in [-0.4, -0.2) is 35.5 Å². The first-order valence-electron chi connectivity index (χ1n) is 6.61. The number of nitrogens with zero attached hydrogens (tertiary/aromatic N) is 1. The Balaban J connectivity index is 2.20. The molecule has 0 spiro atoms. The Bertz CT molecular complexity index is 541. The average Bonchev–Trinajstić information content (AvgIpc) is 2.65. The van der Waals surface area contributed by atoms with E-state index in [1.165, 1.54) is 7.11 Å². The molecule has 1 aromatic carbocycles. The summed E-state index contributed by atoms with van der Waals surface area (Å²) in [6.45, 7) is 3.60. The highest BCUT2D eigenvalue weighted by Crippen LogP contribution is 2.29. The van der Waals surface area contributed by atoms with Gasteiger partial charge in [-0.3, -0.25) is 14.5 Å². The number of β-amino-alcohol motifs (C(OH)–C–C–N with tert-alkyl or cyclic N) is 1. The molecule has 5 heteroatoms. The molecule has 1 N–H and O–H groups in total. The molecule has 2 unspecified atom stereocenters. The quantitative estimate of drug-likeness (QED) is 0.845. The van der Waals surface area contributed by atoms with Crippen molar-refractivity contribution in [2.24, 2.45) is 5.92 Å². The lowest BCUT2D eigenvalue weighted by Gasteiger charge is -2.21. The molecule has 0 radical (unpaired) electrons. The van der Waals surface area contributed by atoms with Crippen molar-refractivity contribution in [3.63, 3.8) is 0 Å². The van der Waals surface area contributed by atoms with Gasteiger partial charge in [0.15, 0.2) is 0 Å². The monoisotopic (exact) mass is 277 g/mol. The minimum absolute atomic E-state index is 0.0260. The molecule has 1 aromatic rings. The molecule has 1 heterocycles. The molecule has 0 aliphatic carbocycles. The maximum Gasteiger partial charge on any atom is 0.232 e. The molecular weight excluding hydrogens is 258 g/mol. The number of carbonyl (C=O) groups excluding carboxylic acids is 2. The van der Waals surface area contributed by atoms with Crippen molar-refractivity contribution in [3.8, 4) is 5.75 Å². The molecule has 1 fully saturated rings. The van der Waals surface area contributed by atoms with Gasteiger partial charge in [0.2, 0.25) is 11.8 Å². The van der Waals surface area contributed by atoms with Gasteiger partial charge in [-0.15, -0.1) is 0 Å². The minimum atomic E-state index is -0.942. The molecule has 1 aliphatic heterocycles. The maximum atomic E-state index is 11.9. The normalized spacial score (nSPS) is 20.4. The van der Waals surface area contributed by atoms with Crippen LogP contribution in [0.25, 0.3) is 0 Å². The molecule has 0 bridgehead atoms. The Morgan fingerprint density at radius 2 is 2.15 bits per heavy atom. The maximum absolute atomic E-state index is 11.9. The zero-order valence-electron chi connectivity index (χ0n) is 11.9. The summed E-state index contributed by atoms with van der Waals surface area (Å²) >= 11 is 0. The third-order valence-electron chi connectivity index (χ3n) is 3.57. The summed E-state index contributed by atoms with van der Waals surface area (Å²) < 4.78 is 5.21. The van der Waals surface area contributed by atoms with Crippen LogP contribution in [-0.2, 0) is 9.59 Å². The van der Waals surface area contributed by atoms with Crippen LogP contribution in [0.2, 0.25) is 0 Å². The summed E-state index contributed by atoms with van der Waals surface area (Å²) in [6.07, 6.45) is -0.723. The van der Waals surface area contributed by atoms with E-state index in [4.69, 9.17) is 4.74 Å². The van der Waals surface area contributed by atoms with Gasteiger partial charge in [-0.2, -0.15) is 0 Å². The van der Waals surface area contributed by atoms with Crippen molar-refractivity contribution in [2.75, 3.05) is 13.7 Å². The number of carbonyl (C=O) groups is 2. The van der Waals surface area contributed by atoms with Crippen LogP contribution in [0.15, 0.2) is 18.2 Å². The van der Waals surface area contributed by atoms with E-state index in [-0.39, 0.29) is 30.7 Å². The van der Waals surface area contributed by atoms with Gasteiger partial charge in [-0.1, -0.05) is 18.6 Å². The fraction of sp³-hybridized carbons (Fsp3) is 0.467. The second-order valence-corrected chi connectivity index (χ2v) is 5.21. The van der Waals surface area contributed by atoms with Gasteiger partial charge in [0.05, 0.1) is 13.7 Å². The molecule has 0 saturated carbocycles. The van der Waals surface area contributed by atoms with Gasteiger partial charge in [0.25, 0.3) is 0 Å². The van der Waals surface area contributed by atoms with Gasteiger partial charge in [0, 0.05) is 17.9 Å². The molecule has 0 aromatic heterocycles. The lowest BCUT2D eigenvalue weighted by Crippen LogP contribution is -2.34. The smallest absolute Gasteiger partial charge is 0.232 e. The Hall–Kier alpha value is -1.88. The number of amides is 2. The van der Waals surface area contributed by atoms with E-state index in [1.54, 1.807) is 19.1 Å². The van der Waals surface area contributed by atoms with Crippen molar-refractivity contribution in [2.45, 2.75) is 26.4 Å². The van der Waals surface area contributed by atoms with Gasteiger partial charge in [-0.25, -0.2) is 0 Å². The van der Waals surface area contributed by atoms with E-state index >= 15 is 0 Å². The highest BCUT2D eigenvalue weighted by Gasteiger charge is 2.36. The molecule has 108 valence electrons. The van der Waals surface area contributed by atoms with Crippen LogP contribution in [0.1, 0.15) is 30.6 Å². The van der Waals surface area contributed by atoms with Gasteiger partial charge in [0.1, 0.15) is 11.9 Å². The van der Waals surface area contributed by atoms with E-state index in [0.717, 1.165) is 10.5 Å². The Morgan fingerprint density at radius 3 is 2.70 bits per heavy atom. The molecule has 2 rings (SSSR count). The summed E-state index contributed by atoms with van der Waals surface area (Å²) in [4.78, 5) is 24.7. The standard InChI is InChI=1S/C15H19NO4/c1-9-4-5-13(20-3)11(6-9)12(17)8-16-14(18)7-10(2)15(16)19/h4-6,10,12,17H,7-8H2,1-3H3. The predicted molar refractivity (Wildman–Crippen MR) is 73.2 cm³/mol. The average molecular weight is 277 g/mol. The molecule has 2 atom stereocenters. The molecular formula is C15H19NO4. The molecule has 1 aliphatic rings. The number of aryl methyl sites for hydroxylation is 1. The van der Waals surface area contributed by atoms with Crippen LogP contribution in [0, 0.1) is 12.8 Å². The number of hydrogen-bond donors (Lipinski definition) is 1. The summed E-state index contributed by atoms with van der Waals surface area (Å²) in [6, 6.07) is 5.45. The third-order valence-corrected chi connectivity index (χ3v) is 3.57. The largest absolute Gasteiger partial charge is 0.496 e. The number of rotatable bonds is 4. The first-order chi connectivity index (χ1) is 9.43. The second kappa shape index (κ2) is 5.63. The zero-order chi connectivity index (χ0) is 14.9. The van der Waals surface area contributed by atoms with Crippen LogP contribution in [0.4, 0.5) is 0 Å². The van der Waals surface area contributed by atoms with Crippen molar-refractivity contribution in [1.82, 2.24) is 4.90 Å². The topological polar surface area (TPSA) is 66.8 Å².